The molecule has 2 rings (SSSR count). The van der Waals surface area contributed by atoms with Crippen LogP contribution in [0.3, 0.4) is 0 Å². The van der Waals surface area contributed by atoms with Crippen molar-refractivity contribution in [3.8, 4) is 5.75 Å². The fourth-order valence-electron chi connectivity index (χ4n) is 3.26. The minimum absolute atomic E-state index is 0. The number of halogens is 1. The number of rotatable bonds is 9. The molecule has 0 saturated carbocycles. The number of nitrogens with zero attached hydrogens (tertiary/aromatic N) is 2. The zero-order valence-electron chi connectivity index (χ0n) is 17.2. The topological polar surface area (TPSA) is 48.9 Å². The number of likely N-dealkylation sites (tertiary alicyclic amines) is 1. The fourth-order valence-corrected chi connectivity index (χ4v) is 3.26. The van der Waals surface area contributed by atoms with Crippen LogP contribution in [-0.2, 0) is 6.54 Å². The molecule has 0 unspecified atom stereocenters. The van der Waals surface area contributed by atoms with Crippen molar-refractivity contribution in [1.82, 2.24) is 15.5 Å². The van der Waals surface area contributed by atoms with Crippen molar-refractivity contribution < 1.29 is 4.74 Å². The van der Waals surface area contributed by atoms with Crippen molar-refractivity contribution in [3.63, 3.8) is 0 Å². The van der Waals surface area contributed by atoms with Crippen LogP contribution in [0.4, 0.5) is 0 Å². The number of benzene rings is 1. The number of hydrogen-bond acceptors (Lipinski definition) is 3. The smallest absolute Gasteiger partial charge is 0.191 e. The van der Waals surface area contributed by atoms with Gasteiger partial charge >= 0.3 is 0 Å². The van der Waals surface area contributed by atoms with Crippen LogP contribution in [0.1, 0.15) is 45.1 Å². The van der Waals surface area contributed by atoms with E-state index in [4.69, 9.17) is 9.73 Å². The minimum Gasteiger partial charge on any atom is -0.497 e. The average molecular weight is 488 g/mol. The van der Waals surface area contributed by atoms with Crippen LogP contribution in [0.2, 0.25) is 0 Å². The molecular weight excluding hydrogens is 451 g/mol. The van der Waals surface area contributed by atoms with Crippen molar-refractivity contribution >= 4 is 29.9 Å². The standard InChI is InChI=1S/C21H36N4O.HI/c1-4-6-13-23-21(22-5-2)24-16-18-11-14-25(15-12-18)17-19-7-9-20(26-3)10-8-19;/h7-10,18H,4-6,11-17H2,1-3H3,(H2,22,23,24);1H. The van der Waals surface area contributed by atoms with E-state index in [1.807, 2.05) is 12.1 Å². The number of unbranched alkanes of at least 4 members (excludes halogenated alkanes) is 1. The number of ether oxygens (including phenoxy) is 1. The molecule has 1 aromatic rings. The zero-order valence-corrected chi connectivity index (χ0v) is 19.5. The second-order valence-electron chi connectivity index (χ2n) is 7.07. The molecule has 0 radical (unpaired) electrons. The first-order valence-corrected chi connectivity index (χ1v) is 10.1. The van der Waals surface area contributed by atoms with Crippen molar-refractivity contribution in [1.29, 1.82) is 0 Å². The van der Waals surface area contributed by atoms with Gasteiger partial charge in [0.05, 0.1) is 7.11 Å². The Kier molecular flexibility index (Phi) is 12.5. The van der Waals surface area contributed by atoms with Crippen molar-refractivity contribution in [2.45, 2.75) is 46.1 Å². The first-order valence-electron chi connectivity index (χ1n) is 10.1. The van der Waals surface area contributed by atoms with Gasteiger partial charge in [0.1, 0.15) is 5.75 Å². The van der Waals surface area contributed by atoms with E-state index in [1.54, 1.807) is 7.11 Å². The maximum Gasteiger partial charge on any atom is 0.191 e. The molecule has 0 amide bonds. The monoisotopic (exact) mass is 488 g/mol. The first kappa shape index (κ1) is 24.0. The Bertz CT molecular complexity index is 527. The molecule has 154 valence electrons. The van der Waals surface area contributed by atoms with Gasteiger partial charge in [-0.25, -0.2) is 0 Å². The Morgan fingerprint density at radius 1 is 1.15 bits per heavy atom. The van der Waals surface area contributed by atoms with E-state index in [2.05, 4.69) is 41.5 Å². The fraction of sp³-hybridized carbons (Fsp3) is 0.667. The summed E-state index contributed by atoms with van der Waals surface area (Å²) in [6, 6.07) is 8.43. The second kappa shape index (κ2) is 14.0. The Hall–Kier alpha value is -1.02. The quantitative estimate of drug-likeness (QED) is 0.240. The van der Waals surface area contributed by atoms with Gasteiger partial charge < -0.3 is 15.4 Å². The van der Waals surface area contributed by atoms with Crippen LogP contribution < -0.4 is 15.4 Å². The van der Waals surface area contributed by atoms with Crippen LogP contribution in [0, 0.1) is 5.92 Å². The molecule has 27 heavy (non-hydrogen) atoms. The van der Waals surface area contributed by atoms with Crippen LogP contribution in [-0.4, -0.2) is 50.7 Å². The van der Waals surface area contributed by atoms with E-state index in [9.17, 15) is 0 Å². The Balaban J connectivity index is 0.00000364. The van der Waals surface area contributed by atoms with Crippen LogP contribution in [0.25, 0.3) is 0 Å². The third-order valence-corrected chi connectivity index (χ3v) is 4.95. The van der Waals surface area contributed by atoms with Gasteiger partial charge in [-0.15, -0.1) is 24.0 Å². The summed E-state index contributed by atoms with van der Waals surface area (Å²) in [6.45, 7) is 10.5. The van der Waals surface area contributed by atoms with E-state index in [1.165, 1.54) is 31.2 Å². The molecule has 0 aliphatic carbocycles. The van der Waals surface area contributed by atoms with E-state index in [0.29, 0.717) is 5.92 Å². The molecule has 2 N–H and O–H groups in total. The normalized spacial score (nSPS) is 15.9. The molecule has 1 aliphatic rings. The highest BCUT2D eigenvalue weighted by atomic mass is 127. The van der Waals surface area contributed by atoms with Crippen molar-refractivity contribution in [2.75, 3.05) is 39.8 Å². The van der Waals surface area contributed by atoms with Gasteiger partial charge in [-0.05, 0) is 62.9 Å². The lowest BCUT2D eigenvalue weighted by Gasteiger charge is -2.31. The summed E-state index contributed by atoms with van der Waals surface area (Å²) in [5.74, 6) is 2.60. The summed E-state index contributed by atoms with van der Waals surface area (Å²) in [4.78, 5) is 7.35. The van der Waals surface area contributed by atoms with Gasteiger partial charge in [0, 0.05) is 26.2 Å². The molecular formula is C21H37IN4O. The van der Waals surface area contributed by atoms with Crippen LogP contribution >= 0.6 is 24.0 Å². The number of guanidine groups is 1. The lowest BCUT2D eigenvalue weighted by Crippen LogP contribution is -2.39. The minimum atomic E-state index is 0. The molecule has 1 fully saturated rings. The summed E-state index contributed by atoms with van der Waals surface area (Å²) < 4.78 is 5.23. The Labute approximate surface area is 182 Å². The molecule has 1 heterocycles. The first-order chi connectivity index (χ1) is 12.7. The highest BCUT2D eigenvalue weighted by Gasteiger charge is 2.19. The summed E-state index contributed by atoms with van der Waals surface area (Å²) in [7, 11) is 1.71. The van der Waals surface area contributed by atoms with Gasteiger partial charge in [0.2, 0.25) is 0 Å². The van der Waals surface area contributed by atoms with Gasteiger partial charge in [-0.1, -0.05) is 25.5 Å². The second-order valence-corrected chi connectivity index (χ2v) is 7.07. The zero-order chi connectivity index (χ0) is 18.6. The Morgan fingerprint density at radius 3 is 2.44 bits per heavy atom. The summed E-state index contributed by atoms with van der Waals surface area (Å²) in [6.07, 6.45) is 4.86. The molecule has 0 spiro atoms. The number of nitrogens with one attached hydrogen (secondary N) is 2. The molecule has 0 atom stereocenters. The van der Waals surface area contributed by atoms with Gasteiger partial charge in [0.25, 0.3) is 0 Å². The number of methoxy groups -OCH3 is 1. The highest BCUT2D eigenvalue weighted by Crippen LogP contribution is 2.20. The molecule has 0 aromatic heterocycles. The Morgan fingerprint density at radius 2 is 1.85 bits per heavy atom. The van der Waals surface area contributed by atoms with E-state index in [-0.39, 0.29) is 24.0 Å². The van der Waals surface area contributed by atoms with E-state index < -0.39 is 0 Å². The maximum atomic E-state index is 5.23. The predicted molar refractivity (Wildman–Crippen MR) is 125 cm³/mol. The van der Waals surface area contributed by atoms with Crippen molar-refractivity contribution in [2.24, 2.45) is 10.9 Å². The van der Waals surface area contributed by atoms with E-state index in [0.717, 1.165) is 51.0 Å². The molecule has 0 bridgehead atoms. The highest BCUT2D eigenvalue weighted by molar-refractivity contribution is 14.0. The lowest BCUT2D eigenvalue weighted by molar-refractivity contribution is 0.180. The number of hydrogen-bond donors (Lipinski definition) is 2. The average Bonchev–Trinajstić information content (AvgIpc) is 2.68. The summed E-state index contributed by atoms with van der Waals surface area (Å²) >= 11 is 0. The number of aliphatic imine (C=N–C) groups is 1. The molecule has 5 nitrogen and oxygen atoms in total. The van der Waals surface area contributed by atoms with Gasteiger partial charge in [-0.3, -0.25) is 9.89 Å². The molecule has 1 aliphatic heterocycles. The predicted octanol–water partition coefficient (Wildman–Crippen LogP) is 3.88. The van der Waals surface area contributed by atoms with E-state index >= 15 is 0 Å². The summed E-state index contributed by atoms with van der Waals surface area (Å²) in [5, 5.41) is 6.78. The summed E-state index contributed by atoms with van der Waals surface area (Å²) in [5.41, 5.74) is 1.36. The third-order valence-electron chi connectivity index (χ3n) is 4.95. The largest absolute Gasteiger partial charge is 0.497 e. The van der Waals surface area contributed by atoms with Crippen LogP contribution in [0.5, 0.6) is 5.75 Å². The lowest BCUT2D eigenvalue weighted by atomic mass is 9.96. The SMILES string of the molecule is CCCCNC(=NCC1CCN(Cc2ccc(OC)cc2)CC1)NCC.I. The molecule has 1 saturated heterocycles. The molecule has 6 heteroatoms. The van der Waals surface area contributed by atoms with Crippen molar-refractivity contribution in [3.05, 3.63) is 29.8 Å². The third kappa shape index (κ3) is 9.14. The van der Waals surface area contributed by atoms with Gasteiger partial charge in [0.15, 0.2) is 5.96 Å². The maximum absolute atomic E-state index is 5.23. The molecule has 1 aromatic carbocycles. The van der Waals surface area contributed by atoms with Gasteiger partial charge in [-0.2, -0.15) is 0 Å². The number of piperidine rings is 1. The van der Waals surface area contributed by atoms with Crippen LogP contribution in [0.15, 0.2) is 29.3 Å².